The first kappa shape index (κ1) is 23.6. The Morgan fingerprint density at radius 1 is 0.938 bits per heavy atom. The fourth-order valence-corrected chi connectivity index (χ4v) is 5.05. The number of ether oxygens (including phenoxy) is 3. The first-order valence-electron chi connectivity index (χ1n) is 10.3. The molecule has 1 aliphatic heterocycles. The van der Waals surface area contributed by atoms with Gasteiger partial charge >= 0.3 is 0 Å². The molecule has 0 saturated carbocycles. The quantitative estimate of drug-likeness (QED) is 0.606. The van der Waals surface area contributed by atoms with Crippen molar-refractivity contribution in [3.63, 3.8) is 0 Å². The second-order valence-corrected chi connectivity index (χ2v) is 9.20. The number of hydrogen-bond donors (Lipinski definition) is 1. The van der Waals surface area contributed by atoms with E-state index in [1.54, 1.807) is 44.6 Å². The van der Waals surface area contributed by atoms with Crippen LogP contribution in [0.5, 0.6) is 17.2 Å². The highest BCUT2D eigenvalue weighted by Gasteiger charge is 2.26. The molecule has 1 N–H and O–H groups in total. The van der Waals surface area contributed by atoms with Crippen LogP contribution in [0.4, 0.5) is 5.69 Å². The Bertz CT molecular complexity index is 1090. The predicted molar refractivity (Wildman–Crippen MR) is 123 cm³/mol. The third-order valence-corrected chi connectivity index (χ3v) is 7.13. The first-order chi connectivity index (χ1) is 15.4. The molecule has 0 bridgehead atoms. The minimum atomic E-state index is -3.64. The number of nitrogens with one attached hydrogen (secondary N) is 1. The molecule has 0 atom stereocenters. The average molecular weight is 461 g/mol. The lowest BCUT2D eigenvalue weighted by molar-refractivity contribution is -0.111. The number of carbonyl (C=O) groups is 1. The zero-order chi connectivity index (χ0) is 23.1. The number of hydrogen-bond acceptors (Lipinski definition) is 6. The molecule has 8 nitrogen and oxygen atoms in total. The summed E-state index contributed by atoms with van der Waals surface area (Å²) in [5.74, 6) is 1.13. The van der Waals surface area contributed by atoms with E-state index in [2.05, 4.69) is 5.32 Å². The third-order valence-electron chi connectivity index (χ3n) is 5.23. The van der Waals surface area contributed by atoms with Gasteiger partial charge in [0.05, 0.1) is 31.9 Å². The summed E-state index contributed by atoms with van der Waals surface area (Å²) in [6.07, 6.45) is 5.65. The van der Waals surface area contributed by atoms with Crippen LogP contribution < -0.4 is 19.5 Å². The smallest absolute Gasteiger partial charge is 0.248 e. The van der Waals surface area contributed by atoms with Crippen molar-refractivity contribution in [3.05, 3.63) is 48.0 Å². The van der Waals surface area contributed by atoms with Crippen molar-refractivity contribution in [2.75, 3.05) is 39.7 Å². The molecule has 0 unspecified atom stereocenters. The lowest BCUT2D eigenvalue weighted by Gasteiger charge is -2.26. The number of rotatable bonds is 8. The largest absolute Gasteiger partial charge is 0.497 e. The fraction of sp³-hybridized carbons (Fsp3) is 0.348. The van der Waals surface area contributed by atoms with Gasteiger partial charge in [0.25, 0.3) is 0 Å². The number of sulfonamides is 1. The average Bonchev–Trinajstić information content (AvgIpc) is 2.83. The third kappa shape index (κ3) is 5.41. The number of benzene rings is 2. The maximum Gasteiger partial charge on any atom is 0.248 e. The first-order valence-corrected chi connectivity index (χ1v) is 11.7. The van der Waals surface area contributed by atoms with Gasteiger partial charge in [-0.2, -0.15) is 4.31 Å². The van der Waals surface area contributed by atoms with E-state index in [0.29, 0.717) is 35.9 Å². The molecule has 1 aliphatic rings. The van der Waals surface area contributed by atoms with Gasteiger partial charge < -0.3 is 19.5 Å². The van der Waals surface area contributed by atoms with E-state index in [4.69, 9.17) is 14.2 Å². The topological polar surface area (TPSA) is 94.2 Å². The van der Waals surface area contributed by atoms with Gasteiger partial charge in [-0.15, -0.1) is 0 Å². The number of methoxy groups -OCH3 is 3. The van der Waals surface area contributed by atoms with Crippen LogP contribution in [0.15, 0.2) is 47.4 Å². The van der Waals surface area contributed by atoms with Crippen LogP contribution in [0.2, 0.25) is 0 Å². The molecule has 3 rings (SSSR count). The van der Waals surface area contributed by atoms with Crippen LogP contribution in [-0.4, -0.2) is 53.0 Å². The molecule has 1 saturated heterocycles. The number of amides is 1. The van der Waals surface area contributed by atoms with E-state index in [1.165, 1.54) is 29.6 Å². The Morgan fingerprint density at radius 3 is 2.28 bits per heavy atom. The Hall–Kier alpha value is -3.04. The minimum absolute atomic E-state index is 0.119. The molecular weight excluding hydrogens is 432 g/mol. The summed E-state index contributed by atoms with van der Waals surface area (Å²) in [6.45, 7) is 1.00. The second-order valence-electron chi connectivity index (χ2n) is 7.26. The SMILES string of the molecule is COc1ccc(OC)c(/C=C/C(=O)Nc2cc(S(=O)(=O)N3CCCCC3)ccc2OC)c1. The molecule has 9 heteroatoms. The van der Waals surface area contributed by atoms with Crippen LogP contribution in [0.1, 0.15) is 24.8 Å². The van der Waals surface area contributed by atoms with Crippen LogP contribution in [0, 0.1) is 0 Å². The maximum atomic E-state index is 13.0. The van der Waals surface area contributed by atoms with Crippen LogP contribution in [0.3, 0.4) is 0 Å². The van der Waals surface area contributed by atoms with Gasteiger partial charge in [0.1, 0.15) is 17.2 Å². The summed E-state index contributed by atoms with van der Waals surface area (Å²) in [7, 11) is 0.915. The summed E-state index contributed by atoms with van der Waals surface area (Å²) in [4.78, 5) is 12.7. The van der Waals surface area contributed by atoms with E-state index in [9.17, 15) is 13.2 Å². The van der Waals surface area contributed by atoms with Crippen molar-refractivity contribution >= 4 is 27.7 Å². The Morgan fingerprint density at radius 2 is 1.62 bits per heavy atom. The van der Waals surface area contributed by atoms with Gasteiger partial charge in [-0.05, 0) is 55.3 Å². The molecule has 1 fully saturated rings. The number of anilines is 1. The van der Waals surface area contributed by atoms with Gasteiger partial charge in [0, 0.05) is 24.7 Å². The Balaban J connectivity index is 1.83. The van der Waals surface area contributed by atoms with Gasteiger partial charge in [0.15, 0.2) is 0 Å². The van der Waals surface area contributed by atoms with Gasteiger partial charge in [-0.3, -0.25) is 4.79 Å². The molecule has 0 aromatic heterocycles. The molecule has 0 aliphatic carbocycles. The van der Waals surface area contributed by atoms with Crippen molar-refractivity contribution in [1.82, 2.24) is 4.31 Å². The number of carbonyl (C=O) groups excluding carboxylic acids is 1. The van der Waals surface area contributed by atoms with E-state index in [1.807, 2.05) is 0 Å². The molecule has 1 amide bonds. The molecule has 32 heavy (non-hydrogen) atoms. The summed E-state index contributed by atoms with van der Waals surface area (Å²) in [5, 5.41) is 2.71. The molecular formula is C23H28N2O6S. The van der Waals surface area contributed by atoms with Crippen molar-refractivity contribution < 1.29 is 27.4 Å². The van der Waals surface area contributed by atoms with Crippen molar-refractivity contribution in [3.8, 4) is 17.2 Å². The highest BCUT2D eigenvalue weighted by atomic mass is 32.2. The zero-order valence-corrected chi connectivity index (χ0v) is 19.3. The highest BCUT2D eigenvalue weighted by molar-refractivity contribution is 7.89. The molecule has 1 heterocycles. The molecule has 0 radical (unpaired) electrons. The zero-order valence-electron chi connectivity index (χ0n) is 18.5. The van der Waals surface area contributed by atoms with Crippen LogP contribution in [0.25, 0.3) is 6.08 Å². The van der Waals surface area contributed by atoms with Crippen molar-refractivity contribution in [2.45, 2.75) is 24.2 Å². The van der Waals surface area contributed by atoms with E-state index in [0.717, 1.165) is 19.3 Å². The van der Waals surface area contributed by atoms with Crippen LogP contribution in [-0.2, 0) is 14.8 Å². The highest BCUT2D eigenvalue weighted by Crippen LogP contribution is 2.30. The standard InChI is InChI=1S/C23H28N2O6S/c1-29-18-8-10-21(30-2)17(15-18)7-12-23(26)24-20-16-19(9-11-22(20)31-3)32(27,28)25-13-5-4-6-14-25/h7-12,15-16H,4-6,13-14H2,1-3H3,(H,24,26)/b12-7+. The van der Waals surface area contributed by atoms with Gasteiger partial charge in [-0.1, -0.05) is 6.42 Å². The van der Waals surface area contributed by atoms with Crippen molar-refractivity contribution in [1.29, 1.82) is 0 Å². The Kier molecular flexibility index (Phi) is 7.76. The van der Waals surface area contributed by atoms with Crippen LogP contribution >= 0.6 is 0 Å². The lowest BCUT2D eigenvalue weighted by atomic mass is 10.1. The summed E-state index contributed by atoms with van der Waals surface area (Å²) in [6, 6.07) is 9.72. The fourth-order valence-electron chi connectivity index (χ4n) is 3.51. The molecule has 2 aromatic carbocycles. The normalized spacial score (nSPS) is 14.8. The van der Waals surface area contributed by atoms with E-state index >= 15 is 0 Å². The Labute approximate surface area is 188 Å². The van der Waals surface area contributed by atoms with E-state index in [-0.39, 0.29) is 10.6 Å². The van der Waals surface area contributed by atoms with E-state index < -0.39 is 15.9 Å². The monoisotopic (exact) mass is 460 g/mol. The second kappa shape index (κ2) is 10.5. The number of nitrogens with zero attached hydrogens (tertiary/aromatic N) is 1. The predicted octanol–water partition coefficient (Wildman–Crippen LogP) is 3.54. The van der Waals surface area contributed by atoms with Gasteiger partial charge in [0.2, 0.25) is 15.9 Å². The summed E-state index contributed by atoms with van der Waals surface area (Å²) in [5.41, 5.74) is 0.938. The summed E-state index contributed by atoms with van der Waals surface area (Å²) >= 11 is 0. The molecule has 172 valence electrons. The van der Waals surface area contributed by atoms with Crippen molar-refractivity contribution in [2.24, 2.45) is 0 Å². The molecule has 2 aromatic rings. The van der Waals surface area contributed by atoms with Gasteiger partial charge in [-0.25, -0.2) is 8.42 Å². The number of piperidine rings is 1. The lowest BCUT2D eigenvalue weighted by Crippen LogP contribution is -2.35. The maximum absolute atomic E-state index is 13.0. The molecule has 0 spiro atoms. The minimum Gasteiger partial charge on any atom is -0.497 e. The summed E-state index contributed by atoms with van der Waals surface area (Å²) < 4.78 is 43.3.